The van der Waals surface area contributed by atoms with E-state index in [2.05, 4.69) is 10.6 Å². The molecular weight excluding hydrogens is 306 g/mol. The predicted octanol–water partition coefficient (Wildman–Crippen LogP) is 3.21. The number of para-hydroxylation sites is 1. The number of nitrogens with one attached hydrogen (secondary N) is 2. The minimum Gasteiger partial charge on any atom is -0.369 e. The van der Waals surface area contributed by atoms with E-state index in [1.807, 2.05) is 54.6 Å². The molecule has 4 nitrogen and oxygen atoms in total. The fourth-order valence-electron chi connectivity index (χ4n) is 3.03. The molecule has 0 amide bonds. The Balaban J connectivity index is 1.91. The number of nitrogens with zero attached hydrogens (tertiary/aromatic N) is 1. The van der Waals surface area contributed by atoms with Crippen LogP contribution in [0, 0.1) is 0 Å². The Morgan fingerprint density at radius 3 is 2.52 bits per heavy atom. The van der Waals surface area contributed by atoms with Crippen LogP contribution >= 0.6 is 12.2 Å². The molecular formula is C18H15N3OS. The fraction of sp³-hybridized carbons (Fsp3) is 0.111. The van der Waals surface area contributed by atoms with E-state index in [1.165, 1.54) is 0 Å². The Bertz CT molecular complexity index is 963. The minimum atomic E-state index is 0.0341. The molecule has 0 fully saturated rings. The Hall–Kier alpha value is -2.66. The summed E-state index contributed by atoms with van der Waals surface area (Å²) < 4.78 is 1.77. The smallest absolute Gasteiger partial charge is 0.260 e. The van der Waals surface area contributed by atoms with Crippen LogP contribution in [-0.2, 0) is 6.54 Å². The van der Waals surface area contributed by atoms with Crippen molar-refractivity contribution in [2.75, 3.05) is 17.2 Å². The molecule has 23 heavy (non-hydrogen) atoms. The van der Waals surface area contributed by atoms with E-state index < -0.39 is 0 Å². The Morgan fingerprint density at radius 1 is 1.04 bits per heavy atom. The van der Waals surface area contributed by atoms with Gasteiger partial charge < -0.3 is 10.6 Å². The van der Waals surface area contributed by atoms with Crippen molar-refractivity contribution in [2.24, 2.45) is 0 Å². The lowest BCUT2D eigenvalue weighted by Gasteiger charge is -2.15. The highest BCUT2D eigenvalue weighted by atomic mass is 32.1. The minimum absolute atomic E-state index is 0.0341. The molecule has 0 unspecified atom stereocenters. The third-order valence-corrected chi connectivity index (χ3v) is 4.37. The third kappa shape index (κ3) is 2.29. The number of benzene rings is 2. The molecule has 0 saturated heterocycles. The Kier molecular flexibility index (Phi) is 3.35. The summed E-state index contributed by atoms with van der Waals surface area (Å²) in [5.74, 6) is 0.808. The van der Waals surface area contributed by atoms with Crippen LogP contribution in [0.5, 0.6) is 0 Å². The third-order valence-electron chi connectivity index (χ3n) is 4.07. The number of rotatable bonds is 2. The lowest BCUT2D eigenvalue weighted by molar-refractivity contribution is 0.780. The number of fused-ring (bicyclic) bond motifs is 2. The van der Waals surface area contributed by atoms with Crippen molar-refractivity contribution in [3.05, 3.63) is 70.5 Å². The molecule has 2 N–H and O–H groups in total. The van der Waals surface area contributed by atoms with Crippen LogP contribution in [0.2, 0.25) is 0 Å². The largest absolute Gasteiger partial charge is 0.369 e. The monoisotopic (exact) mass is 321 g/mol. The molecule has 0 bridgehead atoms. The molecule has 0 aliphatic carbocycles. The molecule has 0 atom stereocenters. The normalized spacial score (nSPS) is 12.7. The van der Waals surface area contributed by atoms with Crippen molar-refractivity contribution in [1.82, 2.24) is 4.57 Å². The highest BCUT2D eigenvalue weighted by Gasteiger charge is 2.22. The van der Waals surface area contributed by atoms with Gasteiger partial charge in [0.05, 0.1) is 5.56 Å². The molecule has 114 valence electrons. The van der Waals surface area contributed by atoms with E-state index in [4.69, 9.17) is 12.2 Å². The number of hydrogen-bond donors (Lipinski definition) is 2. The SMILES string of the molecule is O=c1c2ccccc2c(C(=S)Nc2ccccc2)c2n1CCN2. The second-order valence-electron chi connectivity index (χ2n) is 5.47. The van der Waals surface area contributed by atoms with Gasteiger partial charge in [0.25, 0.3) is 5.56 Å². The van der Waals surface area contributed by atoms with E-state index in [1.54, 1.807) is 4.57 Å². The molecule has 1 aliphatic rings. The average molecular weight is 321 g/mol. The van der Waals surface area contributed by atoms with Crippen molar-refractivity contribution in [3.8, 4) is 0 Å². The van der Waals surface area contributed by atoms with Crippen molar-refractivity contribution in [3.63, 3.8) is 0 Å². The summed E-state index contributed by atoms with van der Waals surface area (Å²) in [7, 11) is 0. The van der Waals surface area contributed by atoms with E-state index >= 15 is 0 Å². The van der Waals surface area contributed by atoms with Gasteiger partial charge in [0, 0.05) is 29.5 Å². The van der Waals surface area contributed by atoms with Gasteiger partial charge in [0.15, 0.2) is 0 Å². The van der Waals surface area contributed by atoms with Crippen LogP contribution in [-0.4, -0.2) is 16.1 Å². The summed E-state index contributed by atoms with van der Waals surface area (Å²) in [5, 5.41) is 8.16. The van der Waals surface area contributed by atoms with Crippen LogP contribution in [0.4, 0.5) is 11.5 Å². The van der Waals surface area contributed by atoms with Gasteiger partial charge in [-0.3, -0.25) is 9.36 Å². The molecule has 1 aliphatic heterocycles. The first kappa shape index (κ1) is 14.0. The van der Waals surface area contributed by atoms with Crippen LogP contribution in [0.25, 0.3) is 10.8 Å². The fourth-order valence-corrected chi connectivity index (χ4v) is 3.35. The maximum Gasteiger partial charge on any atom is 0.260 e. The van der Waals surface area contributed by atoms with Crippen molar-refractivity contribution < 1.29 is 0 Å². The topological polar surface area (TPSA) is 46.1 Å². The van der Waals surface area contributed by atoms with Crippen molar-refractivity contribution in [2.45, 2.75) is 6.54 Å². The zero-order valence-electron chi connectivity index (χ0n) is 12.4. The second-order valence-corrected chi connectivity index (χ2v) is 5.88. The maximum absolute atomic E-state index is 12.6. The summed E-state index contributed by atoms with van der Waals surface area (Å²) in [6.45, 7) is 1.41. The summed E-state index contributed by atoms with van der Waals surface area (Å²) >= 11 is 5.65. The van der Waals surface area contributed by atoms with Gasteiger partial charge in [-0.05, 0) is 18.2 Å². The van der Waals surface area contributed by atoms with Gasteiger partial charge in [-0.15, -0.1) is 0 Å². The summed E-state index contributed by atoms with van der Waals surface area (Å²) in [6, 6.07) is 17.4. The highest BCUT2D eigenvalue weighted by Crippen LogP contribution is 2.27. The van der Waals surface area contributed by atoms with Crippen LogP contribution in [0.15, 0.2) is 59.4 Å². The van der Waals surface area contributed by atoms with E-state index in [9.17, 15) is 4.79 Å². The van der Waals surface area contributed by atoms with E-state index in [0.29, 0.717) is 16.9 Å². The van der Waals surface area contributed by atoms with Gasteiger partial charge in [-0.25, -0.2) is 0 Å². The highest BCUT2D eigenvalue weighted by molar-refractivity contribution is 7.81. The molecule has 1 aromatic heterocycles. The number of thiocarbonyl (C=S) groups is 1. The molecule has 4 rings (SSSR count). The molecule has 3 aromatic rings. The van der Waals surface area contributed by atoms with Crippen LogP contribution in [0.3, 0.4) is 0 Å². The summed E-state index contributed by atoms with van der Waals surface area (Å²) in [4.78, 5) is 13.2. The molecule has 5 heteroatoms. The second kappa shape index (κ2) is 5.52. The predicted molar refractivity (Wildman–Crippen MR) is 98.5 cm³/mol. The molecule has 0 saturated carbocycles. The summed E-state index contributed by atoms with van der Waals surface area (Å²) in [5.41, 5.74) is 1.85. The molecule has 0 spiro atoms. The van der Waals surface area contributed by atoms with Crippen LogP contribution < -0.4 is 16.2 Å². The first-order valence-corrected chi connectivity index (χ1v) is 7.92. The quantitative estimate of drug-likeness (QED) is 0.712. The van der Waals surface area contributed by atoms with Gasteiger partial charge >= 0.3 is 0 Å². The van der Waals surface area contributed by atoms with Gasteiger partial charge in [-0.2, -0.15) is 0 Å². The average Bonchev–Trinajstić information content (AvgIpc) is 3.06. The van der Waals surface area contributed by atoms with E-state index in [-0.39, 0.29) is 5.56 Å². The first-order chi connectivity index (χ1) is 11.3. The zero-order valence-corrected chi connectivity index (χ0v) is 13.2. The molecule has 2 aromatic carbocycles. The Morgan fingerprint density at radius 2 is 1.74 bits per heavy atom. The van der Waals surface area contributed by atoms with E-state index in [0.717, 1.165) is 29.0 Å². The standard InChI is InChI=1S/C18H15N3OS/c22-18-14-9-5-4-8-13(14)15(16-19-10-11-21(16)18)17(23)20-12-6-2-1-3-7-12/h1-9,19H,10-11H2,(H,20,23). The number of pyridine rings is 1. The maximum atomic E-state index is 12.6. The Labute approximate surface area is 138 Å². The molecule has 0 radical (unpaired) electrons. The number of aromatic nitrogens is 1. The zero-order chi connectivity index (χ0) is 15.8. The number of hydrogen-bond acceptors (Lipinski definition) is 3. The lowest BCUT2D eigenvalue weighted by atomic mass is 10.1. The van der Waals surface area contributed by atoms with Gasteiger partial charge in [0.2, 0.25) is 0 Å². The van der Waals surface area contributed by atoms with Gasteiger partial charge in [0.1, 0.15) is 10.8 Å². The number of anilines is 2. The van der Waals surface area contributed by atoms with Crippen LogP contribution in [0.1, 0.15) is 5.56 Å². The lowest BCUT2D eigenvalue weighted by Crippen LogP contribution is -2.22. The summed E-state index contributed by atoms with van der Waals surface area (Å²) in [6.07, 6.45) is 0. The first-order valence-electron chi connectivity index (χ1n) is 7.51. The van der Waals surface area contributed by atoms with Crippen molar-refractivity contribution in [1.29, 1.82) is 0 Å². The van der Waals surface area contributed by atoms with Crippen molar-refractivity contribution >= 4 is 39.5 Å². The molecule has 2 heterocycles. The van der Waals surface area contributed by atoms with Gasteiger partial charge in [-0.1, -0.05) is 48.6 Å².